The summed E-state index contributed by atoms with van der Waals surface area (Å²) in [7, 11) is 3.24. The maximum atomic E-state index is 12.4. The van der Waals surface area contributed by atoms with Crippen LogP contribution in [0.3, 0.4) is 0 Å². The maximum absolute atomic E-state index is 12.4. The third-order valence-electron chi connectivity index (χ3n) is 3.54. The Labute approximate surface area is 157 Å². The second kappa shape index (κ2) is 9.70. The van der Waals surface area contributed by atoms with Gasteiger partial charge in [0, 0.05) is 39.9 Å². The number of ether oxygens (including phenoxy) is 2. The zero-order chi connectivity index (χ0) is 18.2. The molecule has 0 fully saturated rings. The van der Waals surface area contributed by atoms with Crippen molar-refractivity contribution in [2.24, 2.45) is 0 Å². The molecule has 0 spiro atoms. The van der Waals surface area contributed by atoms with Crippen molar-refractivity contribution in [1.29, 1.82) is 0 Å². The molecule has 0 saturated carbocycles. The van der Waals surface area contributed by atoms with Gasteiger partial charge in [-0.25, -0.2) is 0 Å². The van der Waals surface area contributed by atoms with Crippen LogP contribution in [0.2, 0.25) is 5.02 Å². The highest BCUT2D eigenvalue weighted by molar-refractivity contribution is 7.98. The van der Waals surface area contributed by atoms with Crippen LogP contribution in [0.25, 0.3) is 0 Å². The smallest absolute Gasteiger partial charge is 0.251 e. The van der Waals surface area contributed by atoms with Gasteiger partial charge >= 0.3 is 0 Å². The normalized spacial score (nSPS) is 11.8. The van der Waals surface area contributed by atoms with E-state index < -0.39 is 0 Å². The average Bonchev–Trinajstić information content (AvgIpc) is 2.61. The molecule has 1 N–H and O–H groups in total. The van der Waals surface area contributed by atoms with Gasteiger partial charge < -0.3 is 14.8 Å². The molecule has 0 aliphatic heterocycles. The number of carbonyl (C=O) groups excluding carboxylic acids is 1. The predicted molar refractivity (Wildman–Crippen MR) is 103 cm³/mol. The molecule has 0 unspecified atom stereocenters. The molecular weight excluding hydrogens is 358 g/mol. The minimum atomic E-state index is -0.120. The molecule has 0 aliphatic carbocycles. The number of carbonyl (C=O) groups is 1. The summed E-state index contributed by atoms with van der Waals surface area (Å²) in [5, 5.41) is 3.63. The molecule has 0 saturated heterocycles. The van der Waals surface area contributed by atoms with Gasteiger partial charge in [-0.2, -0.15) is 0 Å². The number of thioether (sulfide) groups is 1. The van der Waals surface area contributed by atoms with Gasteiger partial charge in [0.05, 0.1) is 13.7 Å². The third-order valence-corrected chi connectivity index (χ3v) is 4.86. The zero-order valence-corrected chi connectivity index (χ0v) is 16.1. The first-order valence-corrected chi connectivity index (χ1v) is 9.25. The van der Waals surface area contributed by atoms with Crippen molar-refractivity contribution in [2.45, 2.75) is 23.6 Å². The summed E-state index contributed by atoms with van der Waals surface area (Å²) in [5.74, 6) is 1.34. The fourth-order valence-electron chi connectivity index (χ4n) is 2.32. The molecule has 134 valence electrons. The minimum absolute atomic E-state index is 0.0495. The van der Waals surface area contributed by atoms with Gasteiger partial charge in [0.1, 0.15) is 5.75 Å². The van der Waals surface area contributed by atoms with Crippen LogP contribution in [0.1, 0.15) is 22.8 Å². The fourth-order valence-corrected chi connectivity index (χ4v) is 3.33. The Kier molecular flexibility index (Phi) is 7.62. The molecular formula is C19H22ClNO3S. The Balaban J connectivity index is 2.10. The largest absolute Gasteiger partial charge is 0.496 e. The van der Waals surface area contributed by atoms with Crippen molar-refractivity contribution in [1.82, 2.24) is 5.32 Å². The lowest BCUT2D eigenvalue weighted by Crippen LogP contribution is -2.35. The van der Waals surface area contributed by atoms with Gasteiger partial charge in [0.15, 0.2) is 0 Å². The lowest BCUT2D eigenvalue weighted by atomic mass is 10.1. The summed E-state index contributed by atoms with van der Waals surface area (Å²) in [6.45, 7) is 2.38. The van der Waals surface area contributed by atoms with E-state index >= 15 is 0 Å². The van der Waals surface area contributed by atoms with Crippen molar-refractivity contribution in [3.05, 3.63) is 58.6 Å². The van der Waals surface area contributed by atoms with E-state index in [-0.39, 0.29) is 11.9 Å². The molecule has 1 atom stereocenters. The highest BCUT2D eigenvalue weighted by Crippen LogP contribution is 2.29. The van der Waals surface area contributed by atoms with Gasteiger partial charge in [-0.15, -0.1) is 11.8 Å². The summed E-state index contributed by atoms with van der Waals surface area (Å²) in [5.41, 5.74) is 1.57. The number of benzene rings is 2. The molecule has 2 aromatic rings. The lowest BCUT2D eigenvalue weighted by molar-refractivity contribution is 0.0905. The molecule has 1 amide bonds. The van der Waals surface area contributed by atoms with Crippen molar-refractivity contribution in [3.8, 4) is 5.75 Å². The van der Waals surface area contributed by atoms with E-state index in [4.69, 9.17) is 21.1 Å². The van der Waals surface area contributed by atoms with E-state index in [1.165, 1.54) is 0 Å². The molecule has 0 bridgehead atoms. The van der Waals surface area contributed by atoms with Crippen LogP contribution < -0.4 is 10.1 Å². The van der Waals surface area contributed by atoms with Crippen molar-refractivity contribution in [3.63, 3.8) is 0 Å². The van der Waals surface area contributed by atoms with Gasteiger partial charge in [-0.05, 0) is 49.4 Å². The second-order valence-corrected chi connectivity index (χ2v) is 7.08. The van der Waals surface area contributed by atoms with Gasteiger partial charge in [0.2, 0.25) is 0 Å². The molecule has 2 rings (SSSR count). The van der Waals surface area contributed by atoms with Crippen molar-refractivity contribution in [2.75, 3.05) is 20.8 Å². The van der Waals surface area contributed by atoms with E-state index in [1.54, 1.807) is 32.0 Å². The van der Waals surface area contributed by atoms with Crippen LogP contribution >= 0.6 is 23.4 Å². The first-order valence-electron chi connectivity index (χ1n) is 7.88. The molecule has 4 nitrogen and oxygen atoms in total. The SMILES string of the molecule is COC[C@H](C)NC(=O)c1ccc(OC)c(CSc2ccc(Cl)cc2)c1. The minimum Gasteiger partial charge on any atom is -0.496 e. The van der Waals surface area contributed by atoms with E-state index in [9.17, 15) is 4.79 Å². The van der Waals surface area contributed by atoms with Gasteiger partial charge in [0.25, 0.3) is 5.91 Å². The van der Waals surface area contributed by atoms with Crippen LogP contribution in [-0.4, -0.2) is 32.8 Å². The Morgan fingerprint density at radius 1 is 1.20 bits per heavy atom. The first-order chi connectivity index (χ1) is 12.0. The maximum Gasteiger partial charge on any atom is 0.251 e. The van der Waals surface area contributed by atoms with E-state index in [2.05, 4.69) is 5.32 Å². The van der Waals surface area contributed by atoms with Gasteiger partial charge in [-0.3, -0.25) is 4.79 Å². The third kappa shape index (κ3) is 5.96. The predicted octanol–water partition coefficient (Wildman–Crippen LogP) is 4.41. The monoisotopic (exact) mass is 379 g/mol. The van der Waals surface area contributed by atoms with Crippen LogP contribution in [0.4, 0.5) is 0 Å². The second-order valence-electron chi connectivity index (χ2n) is 5.60. The Morgan fingerprint density at radius 2 is 1.92 bits per heavy atom. The summed E-state index contributed by atoms with van der Waals surface area (Å²) in [6, 6.07) is 13.1. The molecule has 0 aromatic heterocycles. The topological polar surface area (TPSA) is 47.6 Å². The van der Waals surface area contributed by atoms with E-state index in [1.807, 2.05) is 43.3 Å². The van der Waals surface area contributed by atoms with E-state index in [0.717, 1.165) is 16.2 Å². The zero-order valence-electron chi connectivity index (χ0n) is 14.5. The Hall–Kier alpha value is -1.69. The summed E-state index contributed by atoms with van der Waals surface area (Å²) >= 11 is 7.58. The number of hydrogen-bond acceptors (Lipinski definition) is 4. The average molecular weight is 380 g/mol. The quantitative estimate of drug-likeness (QED) is 0.690. The van der Waals surface area contributed by atoms with Crippen LogP contribution in [0.15, 0.2) is 47.4 Å². The Morgan fingerprint density at radius 3 is 2.56 bits per heavy atom. The highest BCUT2D eigenvalue weighted by atomic mass is 35.5. The van der Waals surface area contributed by atoms with E-state index in [0.29, 0.717) is 22.9 Å². The summed E-state index contributed by atoms with van der Waals surface area (Å²) < 4.78 is 10.5. The van der Waals surface area contributed by atoms with Crippen LogP contribution in [0, 0.1) is 0 Å². The Bertz CT molecular complexity index is 706. The molecule has 0 radical (unpaired) electrons. The standard InChI is InChI=1S/C19H22ClNO3S/c1-13(11-23-2)21-19(22)14-4-9-18(24-3)15(10-14)12-25-17-7-5-16(20)6-8-17/h4-10,13H,11-12H2,1-3H3,(H,21,22)/t13-/m0/s1. The summed E-state index contributed by atoms with van der Waals surface area (Å²) in [6.07, 6.45) is 0. The number of methoxy groups -OCH3 is 2. The summed E-state index contributed by atoms with van der Waals surface area (Å²) in [4.78, 5) is 13.5. The highest BCUT2D eigenvalue weighted by Gasteiger charge is 2.13. The number of nitrogens with one attached hydrogen (secondary N) is 1. The first kappa shape index (κ1) is 19.6. The fraction of sp³-hybridized carbons (Fsp3) is 0.316. The van der Waals surface area contributed by atoms with Crippen LogP contribution in [-0.2, 0) is 10.5 Å². The molecule has 2 aromatic carbocycles. The van der Waals surface area contributed by atoms with Crippen LogP contribution in [0.5, 0.6) is 5.75 Å². The van der Waals surface area contributed by atoms with Gasteiger partial charge in [-0.1, -0.05) is 11.6 Å². The van der Waals surface area contributed by atoms with Crippen molar-refractivity contribution < 1.29 is 14.3 Å². The number of hydrogen-bond donors (Lipinski definition) is 1. The number of amides is 1. The molecule has 6 heteroatoms. The number of halogens is 1. The molecule has 0 aliphatic rings. The number of rotatable bonds is 8. The molecule has 0 heterocycles. The molecule has 25 heavy (non-hydrogen) atoms. The van der Waals surface area contributed by atoms with Crippen molar-refractivity contribution >= 4 is 29.3 Å². The lowest BCUT2D eigenvalue weighted by Gasteiger charge is -2.14.